The molecule has 0 bridgehead atoms. The van der Waals surface area contributed by atoms with Crippen LogP contribution in [0.2, 0.25) is 0 Å². The number of hydrogen-bond donors (Lipinski definition) is 0. The van der Waals surface area contributed by atoms with Crippen molar-refractivity contribution >= 4 is 11.6 Å². The Balaban J connectivity index is 2.24. The third-order valence-electron chi connectivity index (χ3n) is 1.92. The lowest BCUT2D eigenvalue weighted by molar-refractivity contribution is 0.111. The molecule has 0 aromatic heterocycles. The Kier molecular flexibility index (Phi) is 6.39. The van der Waals surface area contributed by atoms with Crippen LogP contribution in [0.25, 0.3) is 0 Å². The highest BCUT2D eigenvalue weighted by Gasteiger charge is 1.95. The number of rotatable bonds is 7. The van der Waals surface area contributed by atoms with Gasteiger partial charge in [-0.05, 0) is 17.7 Å². The van der Waals surface area contributed by atoms with Gasteiger partial charge in [0.2, 0.25) is 0 Å². The molecule has 4 heteroatoms. The van der Waals surface area contributed by atoms with E-state index in [1.807, 2.05) is 24.3 Å². The zero-order chi connectivity index (χ0) is 11.6. The number of nitriles is 1. The van der Waals surface area contributed by atoms with Crippen LogP contribution in [0.1, 0.15) is 5.56 Å². The molecule has 0 aliphatic heterocycles. The first kappa shape index (κ1) is 12.8. The molecule has 0 aliphatic rings. The second-order valence-corrected chi connectivity index (χ2v) is 3.51. The van der Waals surface area contributed by atoms with Crippen LogP contribution >= 0.6 is 11.6 Å². The Hall–Kier alpha value is -1.24. The van der Waals surface area contributed by atoms with E-state index in [0.717, 1.165) is 11.3 Å². The zero-order valence-corrected chi connectivity index (χ0v) is 9.74. The van der Waals surface area contributed by atoms with Crippen molar-refractivity contribution in [2.24, 2.45) is 0 Å². The quantitative estimate of drug-likeness (QED) is 0.542. The van der Waals surface area contributed by atoms with Gasteiger partial charge >= 0.3 is 0 Å². The summed E-state index contributed by atoms with van der Waals surface area (Å²) in [5.41, 5.74) is 0.994. The van der Waals surface area contributed by atoms with Crippen LogP contribution in [0.15, 0.2) is 24.3 Å². The smallest absolute Gasteiger partial charge is 0.119 e. The Morgan fingerprint density at radius 2 is 1.88 bits per heavy atom. The van der Waals surface area contributed by atoms with E-state index >= 15 is 0 Å². The van der Waals surface area contributed by atoms with Gasteiger partial charge in [-0.25, -0.2) is 0 Å². The van der Waals surface area contributed by atoms with Gasteiger partial charge in [0.25, 0.3) is 0 Å². The standard InChI is InChI=1S/C12H14ClNO2/c13-6-8-15-9-10-16-12-3-1-11(2-4-12)5-7-14/h1-4H,5-6,8-10H2. The molecular formula is C12H14ClNO2. The summed E-state index contributed by atoms with van der Waals surface area (Å²) in [6.45, 7) is 1.59. The lowest BCUT2D eigenvalue weighted by Gasteiger charge is -2.06. The van der Waals surface area contributed by atoms with Crippen molar-refractivity contribution in [2.45, 2.75) is 6.42 Å². The molecule has 0 atom stereocenters. The van der Waals surface area contributed by atoms with E-state index < -0.39 is 0 Å². The molecule has 0 amide bonds. The number of alkyl halides is 1. The van der Waals surface area contributed by atoms with E-state index in [2.05, 4.69) is 6.07 Å². The van der Waals surface area contributed by atoms with Crippen molar-refractivity contribution in [3.05, 3.63) is 29.8 Å². The number of ether oxygens (including phenoxy) is 2. The second kappa shape index (κ2) is 7.98. The van der Waals surface area contributed by atoms with E-state index in [4.69, 9.17) is 26.3 Å². The topological polar surface area (TPSA) is 42.2 Å². The molecule has 3 nitrogen and oxygen atoms in total. The molecular weight excluding hydrogens is 226 g/mol. The Morgan fingerprint density at radius 1 is 1.12 bits per heavy atom. The summed E-state index contributed by atoms with van der Waals surface area (Å²) in [4.78, 5) is 0. The predicted octanol–water partition coefficient (Wildman–Crippen LogP) is 2.39. The van der Waals surface area contributed by atoms with Crippen molar-refractivity contribution in [2.75, 3.05) is 25.7 Å². The van der Waals surface area contributed by atoms with Crippen LogP contribution in [0.3, 0.4) is 0 Å². The lowest BCUT2D eigenvalue weighted by atomic mass is 10.2. The van der Waals surface area contributed by atoms with Crippen molar-refractivity contribution in [1.29, 1.82) is 5.26 Å². The molecule has 0 radical (unpaired) electrons. The molecule has 0 aliphatic carbocycles. The maximum atomic E-state index is 8.50. The van der Waals surface area contributed by atoms with Crippen LogP contribution in [0.5, 0.6) is 5.75 Å². The van der Waals surface area contributed by atoms with E-state index in [9.17, 15) is 0 Å². The van der Waals surface area contributed by atoms with Crippen molar-refractivity contribution in [1.82, 2.24) is 0 Å². The molecule has 16 heavy (non-hydrogen) atoms. The van der Waals surface area contributed by atoms with Gasteiger partial charge in [-0.1, -0.05) is 12.1 Å². The maximum absolute atomic E-state index is 8.50. The Labute approximate surface area is 101 Å². The third-order valence-corrected chi connectivity index (χ3v) is 2.08. The molecule has 86 valence electrons. The van der Waals surface area contributed by atoms with Gasteiger partial charge in [-0.15, -0.1) is 11.6 Å². The Bertz CT molecular complexity index is 332. The molecule has 1 aromatic carbocycles. The minimum Gasteiger partial charge on any atom is -0.491 e. The summed E-state index contributed by atoms with van der Waals surface area (Å²) in [5, 5.41) is 8.50. The summed E-state index contributed by atoms with van der Waals surface area (Å²) in [5.74, 6) is 1.29. The Morgan fingerprint density at radius 3 is 2.50 bits per heavy atom. The summed E-state index contributed by atoms with van der Waals surface area (Å²) in [6.07, 6.45) is 0.430. The van der Waals surface area contributed by atoms with Gasteiger partial charge < -0.3 is 9.47 Å². The molecule has 0 N–H and O–H groups in total. The van der Waals surface area contributed by atoms with Gasteiger partial charge in [0.05, 0.1) is 25.7 Å². The first-order chi connectivity index (χ1) is 7.86. The van der Waals surface area contributed by atoms with E-state index in [0.29, 0.717) is 32.1 Å². The summed E-state index contributed by atoms with van der Waals surface area (Å²) < 4.78 is 10.6. The zero-order valence-electron chi connectivity index (χ0n) is 8.99. The highest BCUT2D eigenvalue weighted by molar-refractivity contribution is 6.17. The van der Waals surface area contributed by atoms with E-state index in [1.165, 1.54) is 0 Å². The molecule has 0 saturated carbocycles. The average molecular weight is 240 g/mol. The fraction of sp³-hybridized carbons (Fsp3) is 0.417. The van der Waals surface area contributed by atoms with Crippen LogP contribution in [0, 0.1) is 11.3 Å². The highest BCUT2D eigenvalue weighted by atomic mass is 35.5. The van der Waals surface area contributed by atoms with Crippen LogP contribution in [0.4, 0.5) is 0 Å². The minimum atomic E-state index is 0.430. The molecule has 0 heterocycles. The average Bonchev–Trinajstić information content (AvgIpc) is 2.31. The fourth-order valence-electron chi connectivity index (χ4n) is 1.17. The molecule has 0 fully saturated rings. The summed E-state index contributed by atoms with van der Waals surface area (Å²) in [7, 11) is 0. The largest absolute Gasteiger partial charge is 0.491 e. The van der Waals surface area contributed by atoms with E-state index in [1.54, 1.807) is 0 Å². The van der Waals surface area contributed by atoms with Crippen LogP contribution < -0.4 is 4.74 Å². The summed E-state index contributed by atoms with van der Waals surface area (Å²) in [6, 6.07) is 9.58. The molecule has 1 aromatic rings. The van der Waals surface area contributed by atoms with Gasteiger partial charge in [-0.3, -0.25) is 0 Å². The van der Waals surface area contributed by atoms with Crippen LogP contribution in [-0.4, -0.2) is 25.7 Å². The molecule has 1 rings (SSSR count). The number of benzene rings is 1. The monoisotopic (exact) mass is 239 g/mol. The SMILES string of the molecule is N#CCc1ccc(OCCOCCCl)cc1. The fourth-order valence-corrected chi connectivity index (χ4v) is 1.28. The number of nitrogens with zero attached hydrogens (tertiary/aromatic N) is 1. The summed E-state index contributed by atoms with van der Waals surface area (Å²) >= 11 is 5.45. The normalized spacial score (nSPS) is 9.75. The predicted molar refractivity (Wildman–Crippen MR) is 62.8 cm³/mol. The molecule has 0 spiro atoms. The van der Waals surface area contributed by atoms with Gasteiger partial charge in [0.15, 0.2) is 0 Å². The molecule has 0 unspecified atom stereocenters. The molecule has 0 saturated heterocycles. The van der Waals surface area contributed by atoms with E-state index in [-0.39, 0.29) is 0 Å². The number of hydrogen-bond acceptors (Lipinski definition) is 3. The van der Waals surface area contributed by atoms with Crippen LogP contribution in [-0.2, 0) is 11.2 Å². The van der Waals surface area contributed by atoms with Gasteiger partial charge in [-0.2, -0.15) is 5.26 Å². The second-order valence-electron chi connectivity index (χ2n) is 3.13. The highest BCUT2D eigenvalue weighted by Crippen LogP contribution is 2.12. The van der Waals surface area contributed by atoms with Crippen molar-refractivity contribution < 1.29 is 9.47 Å². The minimum absolute atomic E-state index is 0.430. The first-order valence-electron chi connectivity index (χ1n) is 5.09. The maximum Gasteiger partial charge on any atom is 0.119 e. The van der Waals surface area contributed by atoms with Gasteiger partial charge in [0, 0.05) is 5.88 Å². The first-order valence-corrected chi connectivity index (χ1v) is 5.62. The number of halogens is 1. The third kappa shape index (κ3) is 5.01. The lowest BCUT2D eigenvalue weighted by Crippen LogP contribution is -2.07. The van der Waals surface area contributed by atoms with Crippen molar-refractivity contribution in [3.63, 3.8) is 0 Å². The van der Waals surface area contributed by atoms with Crippen molar-refractivity contribution in [3.8, 4) is 11.8 Å². The van der Waals surface area contributed by atoms with Gasteiger partial charge in [0.1, 0.15) is 12.4 Å².